The standard InChI is InChI=1S/C17H22O4/c1-2-20-17(19)12-15-10-6-9-14(21-15)11-16(18)13-7-4-3-5-8-13/h3-5,7-8,14-15H,2,6,9-12H2,1H3/t14-,15+/m0/s1. The highest BCUT2D eigenvalue weighted by atomic mass is 16.5. The van der Waals surface area contributed by atoms with Gasteiger partial charge in [-0.25, -0.2) is 0 Å². The Kier molecular flexibility index (Phi) is 5.93. The Morgan fingerprint density at radius 3 is 2.48 bits per heavy atom. The molecule has 0 spiro atoms. The van der Waals surface area contributed by atoms with Gasteiger partial charge in [-0.05, 0) is 26.2 Å². The third-order valence-electron chi connectivity index (χ3n) is 3.65. The average molecular weight is 290 g/mol. The molecule has 0 radical (unpaired) electrons. The number of carbonyl (C=O) groups is 2. The number of esters is 1. The minimum atomic E-state index is -0.225. The molecule has 0 unspecified atom stereocenters. The molecule has 0 aromatic heterocycles. The molecule has 21 heavy (non-hydrogen) atoms. The van der Waals surface area contributed by atoms with Crippen molar-refractivity contribution < 1.29 is 19.1 Å². The van der Waals surface area contributed by atoms with Gasteiger partial charge in [0.2, 0.25) is 0 Å². The molecule has 1 aromatic carbocycles. The van der Waals surface area contributed by atoms with Crippen molar-refractivity contribution in [1.82, 2.24) is 0 Å². The molecule has 1 fully saturated rings. The average Bonchev–Trinajstić information content (AvgIpc) is 2.48. The van der Waals surface area contributed by atoms with Crippen molar-refractivity contribution in [2.45, 2.75) is 51.2 Å². The van der Waals surface area contributed by atoms with Crippen LogP contribution < -0.4 is 0 Å². The van der Waals surface area contributed by atoms with E-state index < -0.39 is 0 Å². The number of ketones is 1. The van der Waals surface area contributed by atoms with E-state index in [2.05, 4.69) is 0 Å². The van der Waals surface area contributed by atoms with Crippen molar-refractivity contribution in [3.05, 3.63) is 35.9 Å². The minimum absolute atomic E-state index is 0.0918. The molecule has 1 heterocycles. The van der Waals surface area contributed by atoms with E-state index in [-0.39, 0.29) is 30.4 Å². The van der Waals surface area contributed by atoms with Gasteiger partial charge in [0.05, 0.1) is 25.2 Å². The van der Waals surface area contributed by atoms with E-state index in [1.54, 1.807) is 6.92 Å². The summed E-state index contributed by atoms with van der Waals surface area (Å²) >= 11 is 0. The molecular weight excluding hydrogens is 268 g/mol. The summed E-state index contributed by atoms with van der Waals surface area (Å²) in [6.07, 6.45) is 3.16. The first-order valence-corrected chi connectivity index (χ1v) is 7.58. The summed E-state index contributed by atoms with van der Waals surface area (Å²) < 4.78 is 10.8. The van der Waals surface area contributed by atoms with E-state index in [4.69, 9.17) is 9.47 Å². The van der Waals surface area contributed by atoms with Crippen molar-refractivity contribution in [2.75, 3.05) is 6.61 Å². The second kappa shape index (κ2) is 7.93. The summed E-state index contributed by atoms with van der Waals surface area (Å²) in [5.74, 6) is -0.130. The molecule has 0 aliphatic carbocycles. The Morgan fingerprint density at radius 2 is 1.81 bits per heavy atom. The smallest absolute Gasteiger partial charge is 0.308 e. The van der Waals surface area contributed by atoms with Crippen LogP contribution in [0.2, 0.25) is 0 Å². The van der Waals surface area contributed by atoms with Crippen LogP contribution >= 0.6 is 0 Å². The van der Waals surface area contributed by atoms with Crippen LogP contribution in [0.1, 0.15) is 49.4 Å². The maximum absolute atomic E-state index is 12.2. The number of hydrogen-bond acceptors (Lipinski definition) is 4. The lowest BCUT2D eigenvalue weighted by Gasteiger charge is -2.29. The summed E-state index contributed by atoms with van der Waals surface area (Å²) in [5.41, 5.74) is 0.716. The maximum Gasteiger partial charge on any atom is 0.308 e. The van der Waals surface area contributed by atoms with Crippen molar-refractivity contribution in [1.29, 1.82) is 0 Å². The van der Waals surface area contributed by atoms with Gasteiger partial charge in [0, 0.05) is 12.0 Å². The summed E-state index contributed by atoms with van der Waals surface area (Å²) in [4.78, 5) is 23.7. The highest BCUT2D eigenvalue weighted by Gasteiger charge is 2.26. The Morgan fingerprint density at radius 1 is 1.14 bits per heavy atom. The molecule has 1 aliphatic rings. The number of benzene rings is 1. The normalized spacial score (nSPS) is 21.8. The molecule has 114 valence electrons. The van der Waals surface area contributed by atoms with Crippen LogP contribution in [0.3, 0.4) is 0 Å². The first-order valence-electron chi connectivity index (χ1n) is 7.58. The molecule has 1 saturated heterocycles. The second-order valence-electron chi connectivity index (χ2n) is 5.31. The largest absolute Gasteiger partial charge is 0.466 e. The highest BCUT2D eigenvalue weighted by Crippen LogP contribution is 2.24. The Bertz CT molecular complexity index is 469. The van der Waals surface area contributed by atoms with Gasteiger partial charge >= 0.3 is 5.97 Å². The first kappa shape index (κ1) is 15.7. The van der Waals surface area contributed by atoms with Gasteiger partial charge in [0.1, 0.15) is 0 Å². The van der Waals surface area contributed by atoms with E-state index in [1.165, 1.54) is 0 Å². The fraction of sp³-hybridized carbons (Fsp3) is 0.529. The van der Waals surface area contributed by atoms with Crippen LogP contribution in [0, 0.1) is 0 Å². The minimum Gasteiger partial charge on any atom is -0.466 e. The predicted molar refractivity (Wildman–Crippen MR) is 79.2 cm³/mol. The first-order chi connectivity index (χ1) is 10.2. The monoisotopic (exact) mass is 290 g/mol. The van der Waals surface area contributed by atoms with E-state index in [0.29, 0.717) is 18.6 Å². The molecule has 2 atom stereocenters. The van der Waals surface area contributed by atoms with Gasteiger partial charge in [0.15, 0.2) is 5.78 Å². The number of hydrogen-bond donors (Lipinski definition) is 0. The molecule has 2 rings (SSSR count). The van der Waals surface area contributed by atoms with Crippen molar-refractivity contribution >= 4 is 11.8 Å². The van der Waals surface area contributed by atoms with Crippen LogP contribution in [-0.2, 0) is 14.3 Å². The predicted octanol–water partition coefficient (Wildman–Crippen LogP) is 3.15. The van der Waals surface area contributed by atoms with Gasteiger partial charge in [0.25, 0.3) is 0 Å². The molecule has 0 amide bonds. The van der Waals surface area contributed by atoms with Crippen LogP contribution in [-0.4, -0.2) is 30.6 Å². The van der Waals surface area contributed by atoms with Crippen LogP contribution in [0.4, 0.5) is 0 Å². The summed E-state index contributed by atoms with van der Waals surface area (Å²) in [6, 6.07) is 9.25. The zero-order valence-electron chi connectivity index (χ0n) is 12.4. The van der Waals surface area contributed by atoms with E-state index in [9.17, 15) is 9.59 Å². The lowest BCUT2D eigenvalue weighted by molar-refractivity contribution is -0.149. The van der Waals surface area contributed by atoms with Crippen LogP contribution in [0.15, 0.2) is 30.3 Å². The lowest BCUT2D eigenvalue weighted by Crippen LogP contribution is -2.31. The van der Waals surface area contributed by atoms with Crippen LogP contribution in [0.5, 0.6) is 0 Å². The Labute approximate surface area is 125 Å². The summed E-state index contributed by atoms with van der Waals surface area (Å²) in [7, 11) is 0. The van der Waals surface area contributed by atoms with E-state index >= 15 is 0 Å². The molecule has 0 saturated carbocycles. The molecular formula is C17H22O4. The number of rotatable bonds is 6. The second-order valence-corrected chi connectivity index (χ2v) is 5.31. The van der Waals surface area contributed by atoms with Gasteiger partial charge in [-0.1, -0.05) is 30.3 Å². The van der Waals surface area contributed by atoms with Crippen molar-refractivity contribution in [3.63, 3.8) is 0 Å². The molecule has 1 aromatic rings. The zero-order valence-corrected chi connectivity index (χ0v) is 12.4. The quantitative estimate of drug-likeness (QED) is 0.596. The third-order valence-corrected chi connectivity index (χ3v) is 3.65. The maximum atomic E-state index is 12.2. The molecule has 0 bridgehead atoms. The number of carbonyl (C=O) groups excluding carboxylic acids is 2. The summed E-state index contributed by atoms with van der Waals surface area (Å²) in [5, 5.41) is 0. The van der Waals surface area contributed by atoms with Crippen LogP contribution in [0.25, 0.3) is 0 Å². The molecule has 1 aliphatic heterocycles. The molecule has 4 heteroatoms. The van der Waals surface area contributed by atoms with Crippen molar-refractivity contribution in [3.8, 4) is 0 Å². The highest BCUT2D eigenvalue weighted by molar-refractivity contribution is 5.96. The Hall–Kier alpha value is -1.68. The fourth-order valence-corrected chi connectivity index (χ4v) is 2.64. The SMILES string of the molecule is CCOC(=O)C[C@H]1CCC[C@@H](CC(=O)c2ccccc2)O1. The van der Waals surface area contributed by atoms with Gasteiger partial charge < -0.3 is 9.47 Å². The topological polar surface area (TPSA) is 52.6 Å². The lowest BCUT2D eigenvalue weighted by atomic mass is 9.97. The summed E-state index contributed by atoms with van der Waals surface area (Å²) in [6.45, 7) is 2.18. The number of ether oxygens (including phenoxy) is 2. The van der Waals surface area contributed by atoms with Gasteiger partial charge in [-0.3, -0.25) is 9.59 Å². The van der Waals surface area contributed by atoms with Crippen molar-refractivity contribution in [2.24, 2.45) is 0 Å². The van der Waals surface area contributed by atoms with Gasteiger partial charge in [-0.15, -0.1) is 0 Å². The van der Waals surface area contributed by atoms with E-state index in [0.717, 1.165) is 19.3 Å². The van der Waals surface area contributed by atoms with E-state index in [1.807, 2.05) is 30.3 Å². The molecule has 4 nitrogen and oxygen atoms in total. The fourth-order valence-electron chi connectivity index (χ4n) is 2.64. The third kappa shape index (κ3) is 4.97. The Balaban J connectivity index is 1.84. The van der Waals surface area contributed by atoms with Gasteiger partial charge in [-0.2, -0.15) is 0 Å². The number of Topliss-reactive ketones (excluding diaryl/α,β-unsaturated/α-hetero) is 1. The molecule has 0 N–H and O–H groups in total. The zero-order chi connectivity index (χ0) is 15.1.